The lowest BCUT2D eigenvalue weighted by molar-refractivity contribution is -0.139. The van der Waals surface area contributed by atoms with Crippen molar-refractivity contribution in [1.29, 1.82) is 0 Å². The number of carbonyl (C=O) groups excluding carboxylic acids is 1. The molecule has 0 spiro atoms. The fourth-order valence-corrected chi connectivity index (χ4v) is 2.40. The Bertz CT molecular complexity index is 745. The Kier molecular flexibility index (Phi) is 7.02. The summed E-state index contributed by atoms with van der Waals surface area (Å²) in [6.45, 7) is 2.63. The molecule has 2 aromatic rings. The van der Waals surface area contributed by atoms with Gasteiger partial charge in [0.15, 0.2) is 17.5 Å². The highest BCUT2D eigenvalue weighted by molar-refractivity contribution is 5.97. The van der Waals surface area contributed by atoms with E-state index in [9.17, 15) is 14.7 Å². The molecule has 6 nitrogen and oxygen atoms in total. The number of nitrogens with one attached hydrogen (secondary N) is 1. The zero-order valence-electron chi connectivity index (χ0n) is 14.9. The van der Waals surface area contributed by atoms with Gasteiger partial charge in [-0.15, -0.1) is 0 Å². The van der Waals surface area contributed by atoms with E-state index in [1.54, 1.807) is 48.5 Å². The van der Waals surface area contributed by atoms with Crippen molar-refractivity contribution in [2.75, 3.05) is 13.7 Å². The smallest absolute Gasteiger partial charge is 0.330 e. The van der Waals surface area contributed by atoms with Gasteiger partial charge in [-0.3, -0.25) is 4.79 Å². The molecule has 0 unspecified atom stereocenters. The number of benzene rings is 2. The topological polar surface area (TPSA) is 84.9 Å². The summed E-state index contributed by atoms with van der Waals surface area (Å²) in [6.07, 6.45) is 1.93. The van der Waals surface area contributed by atoms with Gasteiger partial charge in [-0.2, -0.15) is 0 Å². The summed E-state index contributed by atoms with van der Waals surface area (Å²) in [6, 6.07) is 12.2. The Balaban J connectivity index is 2.16. The summed E-state index contributed by atoms with van der Waals surface area (Å²) < 4.78 is 10.9. The second-order valence-electron chi connectivity index (χ2n) is 5.72. The third kappa shape index (κ3) is 4.99. The number of rotatable bonds is 9. The van der Waals surface area contributed by atoms with E-state index in [1.165, 1.54) is 7.11 Å². The maximum absolute atomic E-state index is 12.5. The predicted molar refractivity (Wildman–Crippen MR) is 97.7 cm³/mol. The van der Waals surface area contributed by atoms with Crippen LogP contribution >= 0.6 is 0 Å². The summed E-state index contributed by atoms with van der Waals surface area (Å²) in [4.78, 5) is 24.0. The van der Waals surface area contributed by atoms with Gasteiger partial charge in [0.1, 0.15) is 0 Å². The molecule has 26 heavy (non-hydrogen) atoms. The van der Waals surface area contributed by atoms with Crippen LogP contribution in [0.3, 0.4) is 0 Å². The van der Waals surface area contributed by atoms with Crippen LogP contribution in [0.4, 0.5) is 0 Å². The van der Waals surface area contributed by atoms with Crippen molar-refractivity contribution in [3.63, 3.8) is 0 Å². The Morgan fingerprint density at radius 2 is 1.85 bits per heavy atom. The molecule has 2 rings (SSSR count). The van der Waals surface area contributed by atoms with Crippen LogP contribution in [-0.2, 0) is 4.79 Å². The highest BCUT2D eigenvalue weighted by Gasteiger charge is 2.23. The van der Waals surface area contributed by atoms with Crippen molar-refractivity contribution in [2.45, 2.75) is 25.8 Å². The average molecular weight is 357 g/mol. The second-order valence-corrected chi connectivity index (χ2v) is 5.72. The molecule has 1 atom stereocenters. The molecule has 0 bridgehead atoms. The first-order chi connectivity index (χ1) is 12.6. The summed E-state index contributed by atoms with van der Waals surface area (Å²) in [5.41, 5.74) is 0.798. The van der Waals surface area contributed by atoms with Crippen LogP contribution in [0.15, 0.2) is 48.5 Å². The molecule has 2 aromatic carbocycles. The SMILES string of the molecule is CCCCOc1ccc(C(=O)N[C@@H](C(=O)O)c2ccccc2)cc1OC. The zero-order chi connectivity index (χ0) is 18.9. The number of methoxy groups -OCH3 is 1. The molecule has 0 saturated carbocycles. The van der Waals surface area contributed by atoms with Crippen molar-refractivity contribution in [1.82, 2.24) is 5.32 Å². The molecular weight excluding hydrogens is 334 g/mol. The molecular formula is C20H23NO5. The van der Waals surface area contributed by atoms with E-state index in [1.807, 2.05) is 0 Å². The molecule has 0 aliphatic heterocycles. The van der Waals surface area contributed by atoms with Crippen LogP contribution in [0.1, 0.15) is 41.7 Å². The van der Waals surface area contributed by atoms with Crippen molar-refractivity contribution >= 4 is 11.9 Å². The Labute approximate surface area is 152 Å². The third-order valence-corrected chi connectivity index (χ3v) is 3.84. The van der Waals surface area contributed by atoms with Crippen molar-refractivity contribution in [3.8, 4) is 11.5 Å². The van der Waals surface area contributed by atoms with Gasteiger partial charge in [0.25, 0.3) is 5.91 Å². The summed E-state index contributed by atoms with van der Waals surface area (Å²) >= 11 is 0. The first-order valence-electron chi connectivity index (χ1n) is 8.46. The lowest BCUT2D eigenvalue weighted by Gasteiger charge is -2.16. The second kappa shape index (κ2) is 9.46. The van der Waals surface area contributed by atoms with Gasteiger partial charge in [0.2, 0.25) is 0 Å². The van der Waals surface area contributed by atoms with E-state index in [2.05, 4.69) is 12.2 Å². The van der Waals surface area contributed by atoms with Gasteiger partial charge in [0.05, 0.1) is 13.7 Å². The monoisotopic (exact) mass is 357 g/mol. The fraction of sp³-hybridized carbons (Fsp3) is 0.300. The molecule has 0 saturated heterocycles. The molecule has 0 heterocycles. The average Bonchev–Trinajstić information content (AvgIpc) is 2.66. The van der Waals surface area contributed by atoms with Gasteiger partial charge in [0, 0.05) is 5.56 Å². The lowest BCUT2D eigenvalue weighted by Crippen LogP contribution is -2.33. The van der Waals surface area contributed by atoms with Gasteiger partial charge in [-0.1, -0.05) is 43.7 Å². The van der Waals surface area contributed by atoms with Crippen molar-refractivity contribution < 1.29 is 24.2 Å². The number of hydrogen-bond acceptors (Lipinski definition) is 4. The predicted octanol–water partition coefficient (Wildman–Crippen LogP) is 3.43. The summed E-state index contributed by atoms with van der Waals surface area (Å²) in [5, 5.41) is 12.0. The number of aliphatic carboxylic acids is 1. The number of carboxylic acids is 1. The van der Waals surface area contributed by atoms with Gasteiger partial charge in [-0.25, -0.2) is 4.79 Å². The van der Waals surface area contributed by atoms with Crippen LogP contribution in [0.25, 0.3) is 0 Å². The summed E-state index contributed by atoms with van der Waals surface area (Å²) in [7, 11) is 1.49. The zero-order valence-corrected chi connectivity index (χ0v) is 14.9. The molecule has 0 radical (unpaired) electrons. The van der Waals surface area contributed by atoms with E-state index in [-0.39, 0.29) is 0 Å². The Hall–Kier alpha value is -3.02. The van der Waals surface area contributed by atoms with Crippen molar-refractivity contribution in [3.05, 3.63) is 59.7 Å². The molecule has 0 aliphatic rings. The maximum Gasteiger partial charge on any atom is 0.330 e. The third-order valence-electron chi connectivity index (χ3n) is 3.84. The minimum Gasteiger partial charge on any atom is -0.493 e. The minimum absolute atomic E-state index is 0.298. The number of carbonyl (C=O) groups is 2. The quantitative estimate of drug-likeness (QED) is 0.672. The van der Waals surface area contributed by atoms with Crippen LogP contribution in [0, 0.1) is 0 Å². The molecule has 0 aromatic heterocycles. The van der Waals surface area contributed by atoms with Gasteiger partial charge >= 0.3 is 5.97 Å². The molecule has 138 valence electrons. The first kappa shape index (κ1) is 19.3. The minimum atomic E-state index is -1.13. The number of unbranched alkanes of at least 4 members (excludes halogenated alkanes) is 1. The molecule has 6 heteroatoms. The first-order valence-corrected chi connectivity index (χ1v) is 8.46. The van der Waals surface area contributed by atoms with E-state index in [0.717, 1.165) is 12.8 Å². The van der Waals surface area contributed by atoms with Crippen LogP contribution in [-0.4, -0.2) is 30.7 Å². The highest BCUT2D eigenvalue weighted by atomic mass is 16.5. The molecule has 0 fully saturated rings. The van der Waals surface area contributed by atoms with Gasteiger partial charge < -0.3 is 19.9 Å². The standard InChI is InChI=1S/C20H23NO5/c1-3-4-12-26-16-11-10-15(13-17(16)25-2)19(22)21-18(20(23)24)14-8-6-5-7-9-14/h5-11,13,18H,3-4,12H2,1-2H3,(H,21,22)(H,23,24)/t18-/m1/s1. The number of hydrogen-bond donors (Lipinski definition) is 2. The van der Waals surface area contributed by atoms with E-state index < -0.39 is 17.9 Å². The normalized spacial score (nSPS) is 11.5. The van der Waals surface area contributed by atoms with Crippen LogP contribution in [0.2, 0.25) is 0 Å². The maximum atomic E-state index is 12.5. The van der Waals surface area contributed by atoms with E-state index >= 15 is 0 Å². The molecule has 0 aliphatic carbocycles. The number of amides is 1. The highest BCUT2D eigenvalue weighted by Crippen LogP contribution is 2.28. The molecule has 2 N–H and O–H groups in total. The lowest BCUT2D eigenvalue weighted by atomic mass is 10.1. The fourth-order valence-electron chi connectivity index (χ4n) is 2.40. The van der Waals surface area contributed by atoms with Crippen LogP contribution in [0.5, 0.6) is 11.5 Å². The Morgan fingerprint density at radius 3 is 2.46 bits per heavy atom. The van der Waals surface area contributed by atoms with E-state index in [4.69, 9.17) is 9.47 Å². The molecule has 1 amide bonds. The van der Waals surface area contributed by atoms with E-state index in [0.29, 0.717) is 29.2 Å². The number of ether oxygens (including phenoxy) is 2. The van der Waals surface area contributed by atoms with Crippen LogP contribution < -0.4 is 14.8 Å². The number of carboxylic acid groups (broad SMARTS) is 1. The Morgan fingerprint density at radius 1 is 1.12 bits per heavy atom. The largest absolute Gasteiger partial charge is 0.493 e. The van der Waals surface area contributed by atoms with Gasteiger partial charge in [-0.05, 0) is 30.2 Å². The van der Waals surface area contributed by atoms with Crippen molar-refractivity contribution in [2.24, 2.45) is 0 Å². The summed E-state index contributed by atoms with van der Waals surface area (Å²) in [5.74, 6) is -0.647.